The SMILES string of the molecule is CCOc1ccc(Oc2cc(CNC(=O)C3CCCN(Cc4cccc(F)c4)C3)ccn2)cc1. The molecule has 1 aliphatic heterocycles. The molecule has 1 saturated heterocycles. The van der Waals surface area contributed by atoms with Gasteiger partial charge in [0.05, 0.1) is 12.5 Å². The van der Waals surface area contributed by atoms with Gasteiger partial charge in [-0.2, -0.15) is 0 Å². The average molecular weight is 464 g/mol. The molecule has 1 amide bonds. The van der Waals surface area contributed by atoms with Gasteiger partial charge in [0.1, 0.15) is 17.3 Å². The number of ether oxygens (including phenoxy) is 2. The number of aromatic nitrogens is 1. The second-order valence-electron chi connectivity index (χ2n) is 8.43. The van der Waals surface area contributed by atoms with Crippen LogP contribution in [0.2, 0.25) is 0 Å². The minimum absolute atomic E-state index is 0.0368. The van der Waals surface area contributed by atoms with E-state index in [1.54, 1.807) is 18.3 Å². The van der Waals surface area contributed by atoms with E-state index in [4.69, 9.17) is 9.47 Å². The van der Waals surface area contributed by atoms with Gasteiger partial charge < -0.3 is 14.8 Å². The predicted molar refractivity (Wildman–Crippen MR) is 128 cm³/mol. The number of likely N-dealkylation sites (tertiary alicyclic amines) is 1. The minimum atomic E-state index is -0.230. The van der Waals surface area contributed by atoms with Crippen LogP contribution in [0.4, 0.5) is 4.39 Å². The van der Waals surface area contributed by atoms with E-state index in [1.165, 1.54) is 6.07 Å². The number of pyridine rings is 1. The lowest BCUT2D eigenvalue weighted by molar-refractivity contribution is -0.126. The van der Waals surface area contributed by atoms with E-state index < -0.39 is 0 Å². The fourth-order valence-electron chi connectivity index (χ4n) is 4.15. The molecule has 0 radical (unpaired) electrons. The quantitative estimate of drug-likeness (QED) is 0.487. The van der Waals surface area contributed by atoms with E-state index in [0.29, 0.717) is 37.9 Å². The van der Waals surface area contributed by atoms with Crippen molar-refractivity contribution in [2.75, 3.05) is 19.7 Å². The van der Waals surface area contributed by atoms with Crippen LogP contribution in [0.5, 0.6) is 17.4 Å². The Labute approximate surface area is 199 Å². The van der Waals surface area contributed by atoms with Crippen molar-refractivity contribution >= 4 is 5.91 Å². The van der Waals surface area contributed by atoms with Crippen LogP contribution >= 0.6 is 0 Å². The fourth-order valence-corrected chi connectivity index (χ4v) is 4.15. The number of amides is 1. The first-order valence-electron chi connectivity index (χ1n) is 11.7. The van der Waals surface area contributed by atoms with Gasteiger partial charge in [0, 0.05) is 31.9 Å². The van der Waals surface area contributed by atoms with Crippen LogP contribution in [0.25, 0.3) is 0 Å². The number of rotatable bonds is 9. The van der Waals surface area contributed by atoms with Gasteiger partial charge in [0.25, 0.3) is 0 Å². The van der Waals surface area contributed by atoms with Gasteiger partial charge in [-0.3, -0.25) is 9.69 Å². The molecule has 178 valence electrons. The number of carbonyl (C=O) groups excluding carboxylic acids is 1. The molecule has 1 N–H and O–H groups in total. The molecule has 1 atom stereocenters. The zero-order valence-electron chi connectivity index (χ0n) is 19.4. The van der Waals surface area contributed by atoms with Crippen molar-refractivity contribution in [2.24, 2.45) is 5.92 Å². The topological polar surface area (TPSA) is 63.7 Å². The summed E-state index contributed by atoms with van der Waals surface area (Å²) in [5, 5.41) is 3.05. The molecule has 7 heteroatoms. The summed E-state index contributed by atoms with van der Waals surface area (Å²) in [7, 11) is 0. The maximum absolute atomic E-state index is 13.5. The zero-order chi connectivity index (χ0) is 23.8. The highest BCUT2D eigenvalue weighted by Crippen LogP contribution is 2.23. The van der Waals surface area contributed by atoms with Gasteiger partial charge in [-0.1, -0.05) is 12.1 Å². The molecule has 0 aliphatic carbocycles. The third-order valence-electron chi connectivity index (χ3n) is 5.79. The Morgan fingerprint density at radius 1 is 1.12 bits per heavy atom. The van der Waals surface area contributed by atoms with Crippen LogP contribution in [0.15, 0.2) is 66.9 Å². The Balaban J connectivity index is 1.28. The molecule has 34 heavy (non-hydrogen) atoms. The summed E-state index contributed by atoms with van der Waals surface area (Å²) < 4.78 is 24.8. The number of carbonyl (C=O) groups is 1. The van der Waals surface area contributed by atoms with Crippen molar-refractivity contribution < 1.29 is 18.7 Å². The fraction of sp³-hybridized carbons (Fsp3) is 0.333. The molecule has 0 spiro atoms. The van der Waals surface area contributed by atoms with Crippen LogP contribution in [-0.4, -0.2) is 35.5 Å². The molecule has 0 bridgehead atoms. The summed E-state index contributed by atoms with van der Waals surface area (Å²) in [4.78, 5) is 19.3. The summed E-state index contributed by atoms with van der Waals surface area (Å²) in [6.45, 7) is 5.19. The van der Waals surface area contributed by atoms with Crippen molar-refractivity contribution in [3.8, 4) is 17.4 Å². The highest BCUT2D eigenvalue weighted by molar-refractivity contribution is 5.79. The molecular weight excluding hydrogens is 433 g/mol. The number of hydrogen-bond acceptors (Lipinski definition) is 5. The lowest BCUT2D eigenvalue weighted by Crippen LogP contribution is -2.42. The van der Waals surface area contributed by atoms with Crippen LogP contribution in [0, 0.1) is 11.7 Å². The average Bonchev–Trinajstić information content (AvgIpc) is 2.84. The summed E-state index contributed by atoms with van der Waals surface area (Å²) in [6.07, 6.45) is 3.48. The van der Waals surface area contributed by atoms with Gasteiger partial charge in [-0.05, 0) is 79.9 Å². The third-order valence-corrected chi connectivity index (χ3v) is 5.79. The Kier molecular flexibility index (Phi) is 8.09. The number of benzene rings is 2. The molecule has 1 aliphatic rings. The van der Waals surface area contributed by atoms with E-state index in [2.05, 4.69) is 15.2 Å². The lowest BCUT2D eigenvalue weighted by atomic mass is 9.96. The molecule has 2 heterocycles. The van der Waals surface area contributed by atoms with Crippen molar-refractivity contribution in [2.45, 2.75) is 32.9 Å². The standard InChI is InChI=1S/C27H30FN3O3/c1-2-33-24-8-10-25(11-9-24)34-26-16-20(12-13-29-26)17-30-27(32)22-6-4-14-31(19-22)18-21-5-3-7-23(28)15-21/h3,5,7-13,15-16,22H,2,4,6,14,17-19H2,1H3,(H,30,32). The van der Waals surface area contributed by atoms with Crippen molar-refractivity contribution in [1.82, 2.24) is 15.2 Å². The second kappa shape index (κ2) is 11.6. The molecule has 2 aromatic carbocycles. The lowest BCUT2D eigenvalue weighted by Gasteiger charge is -2.32. The Morgan fingerprint density at radius 3 is 2.74 bits per heavy atom. The number of halogens is 1. The zero-order valence-corrected chi connectivity index (χ0v) is 19.4. The van der Waals surface area contributed by atoms with Crippen molar-refractivity contribution in [3.05, 3.63) is 83.8 Å². The maximum Gasteiger partial charge on any atom is 0.224 e. The summed E-state index contributed by atoms with van der Waals surface area (Å²) in [6, 6.07) is 17.7. The molecule has 1 aromatic heterocycles. The summed E-state index contributed by atoms with van der Waals surface area (Å²) >= 11 is 0. The first-order chi connectivity index (χ1) is 16.6. The van der Waals surface area contributed by atoms with Gasteiger partial charge in [0.15, 0.2) is 0 Å². The molecule has 1 unspecified atom stereocenters. The van der Waals surface area contributed by atoms with E-state index >= 15 is 0 Å². The van der Waals surface area contributed by atoms with Gasteiger partial charge in [-0.15, -0.1) is 0 Å². The van der Waals surface area contributed by atoms with Crippen LogP contribution in [0.3, 0.4) is 0 Å². The number of nitrogens with one attached hydrogen (secondary N) is 1. The normalized spacial score (nSPS) is 16.1. The maximum atomic E-state index is 13.5. The third kappa shape index (κ3) is 6.78. The summed E-state index contributed by atoms with van der Waals surface area (Å²) in [5.74, 6) is 1.65. The van der Waals surface area contributed by atoms with E-state index in [9.17, 15) is 9.18 Å². The Morgan fingerprint density at radius 2 is 1.94 bits per heavy atom. The van der Waals surface area contributed by atoms with Gasteiger partial charge in [-0.25, -0.2) is 9.37 Å². The largest absolute Gasteiger partial charge is 0.494 e. The second-order valence-corrected chi connectivity index (χ2v) is 8.43. The number of hydrogen-bond donors (Lipinski definition) is 1. The van der Waals surface area contributed by atoms with E-state index in [-0.39, 0.29) is 17.6 Å². The first kappa shape index (κ1) is 23.7. The monoisotopic (exact) mass is 463 g/mol. The van der Waals surface area contributed by atoms with Crippen molar-refractivity contribution in [1.29, 1.82) is 0 Å². The number of piperidine rings is 1. The molecule has 6 nitrogen and oxygen atoms in total. The minimum Gasteiger partial charge on any atom is -0.494 e. The Bertz CT molecular complexity index is 1090. The van der Waals surface area contributed by atoms with E-state index in [1.807, 2.05) is 49.4 Å². The van der Waals surface area contributed by atoms with Crippen LogP contribution < -0.4 is 14.8 Å². The van der Waals surface area contributed by atoms with Crippen LogP contribution in [0.1, 0.15) is 30.9 Å². The molecule has 4 rings (SSSR count). The highest BCUT2D eigenvalue weighted by atomic mass is 19.1. The molecule has 3 aromatic rings. The van der Waals surface area contributed by atoms with Gasteiger partial charge >= 0.3 is 0 Å². The molecular formula is C27H30FN3O3. The molecule has 0 saturated carbocycles. The predicted octanol–water partition coefficient (Wildman–Crippen LogP) is 4.94. The smallest absolute Gasteiger partial charge is 0.224 e. The highest BCUT2D eigenvalue weighted by Gasteiger charge is 2.25. The van der Waals surface area contributed by atoms with Crippen molar-refractivity contribution in [3.63, 3.8) is 0 Å². The first-order valence-corrected chi connectivity index (χ1v) is 11.7. The summed E-state index contributed by atoms with van der Waals surface area (Å²) in [5.41, 5.74) is 1.84. The van der Waals surface area contributed by atoms with E-state index in [0.717, 1.165) is 36.3 Å². The van der Waals surface area contributed by atoms with Crippen LogP contribution in [-0.2, 0) is 17.9 Å². The molecule has 1 fully saturated rings. The Hall–Kier alpha value is -3.45. The number of nitrogens with zero attached hydrogens (tertiary/aromatic N) is 2. The van der Waals surface area contributed by atoms with Gasteiger partial charge in [0.2, 0.25) is 11.8 Å².